The van der Waals surface area contributed by atoms with Gasteiger partial charge < -0.3 is 5.32 Å². The Morgan fingerprint density at radius 2 is 1.76 bits per heavy atom. The van der Waals surface area contributed by atoms with Gasteiger partial charge in [0.1, 0.15) is 16.8 Å². The summed E-state index contributed by atoms with van der Waals surface area (Å²) in [5.41, 5.74) is 0.775. The maximum atomic E-state index is 13.8. The van der Waals surface area contributed by atoms with Crippen LogP contribution in [0.25, 0.3) is 0 Å². The normalized spacial score (nSPS) is 12.4. The predicted octanol–water partition coefficient (Wildman–Crippen LogP) is 2.02. The lowest BCUT2D eigenvalue weighted by atomic mass is 10.1. The van der Waals surface area contributed by atoms with Gasteiger partial charge in [0.15, 0.2) is 0 Å². The molecule has 2 aromatic rings. The molecule has 0 radical (unpaired) electrons. The van der Waals surface area contributed by atoms with Crippen LogP contribution in [0, 0.1) is 5.82 Å². The number of amides is 1. The Kier molecular flexibility index (Phi) is 6.44. The van der Waals surface area contributed by atoms with Crippen molar-refractivity contribution in [3.8, 4) is 0 Å². The molecule has 0 unspecified atom stereocenters. The van der Waals surface area contributed by atoms with Crippen molar-refractivity contribution in [1.82, 2.24) is 10.0 Å². The average molecular weight is 362 g/mol. The minimum atomic E-state index is -4.19. The summed E-state index contributed by atoms with van der Waals surface area (Å²) in [7, 11) is -4.19. The van der Waals surface area contributed by atoms with Crippen molar-refractivity contribution in [2.45, 2.75) is 17.4 Å². The molecule has 132 valence electrons. The third-order valence-electron chi connectivity index (χ3n) is 3.44. The van der Waals surface area contributed by atoms with E-state index in [1.807, 2.05) is 6.07 Å². The average Bonchev–Trinajstić information content (AvgIpc) is 2.60. The first kappa shape index (κ1) is 18.8. The number of hydrogen-bond donors (Lipinski definition) is 2. The van der Waals surface area contributed by atoms with E-state index in [9.17, 15) is 17.6 Å². The third kappa shape index (κ3) is 5.23. The van der Waals surface area contributed by atoms with Gasteiger partial charge in [-0.1, -0.05) is 48.5 Å². The molecule has 0 bridgehead atoms. The van der Waals surface area contributed by atoms with Crippen molar-refractivity contribution in [3.63, 3.8) is 0 Å². The van der Waals surface area contributed by atoms with Crippen LogP contribution in [0.1, 0.15) is 5.56 Å². The van der Waals surface area contributed by atoms with E-state index in [-0.39, 0.29) is 13.0 Å². The van der Waals surface area contributed by atoms with Gasteiger partial charge in [-0.05, 0) is 24.1 Å². The monoisotopic (exact) mass is 362 g/mol. The second-order valence-corrected chi connectivity index (χ2v) is 7.01. The highest BCUT2D eigenvalue weighted by molar-refractivity contribution is 7.89. The number of nitrogens with one attached hydrogen (secondary N) is 2. The van der Waals surface area contributed by atoms with E-state index in [4.69, 9.17) is 0 Å². The Bertz CT molecular complexity index is 838. The number of rotatable bonds is 8. The zero-order valence-electron chi connectivity index (χ0n) is 13.5. The molecular weight excluding hydrogens is 343 g/mol. The first-order valence-electron chi connectivity index (χ1n) is 7.63. The smallest absolute Gasteiger partial charge is 0.244 e. The summed E-state index contributed by atoms with van der Waals surface area (Å²) in [5.74, 6) is -1.39. The van der Waals surface area contributed by atoms with Gasteiger partial charge in [0, 0.05) is 6.54 Å². The number of hydrogen-bond acceptors (Lipinski definition) is 3. The lowest BCUT2D eigenvalue weighted by molar-refractivity contribution is -0.122. The van der Waals surface area contributed by atoms with Gasteiger partial charge in [0.25, 0.3) is 0 Å². The van der Waals surface area contributed by atoms with Crippen molar-refractivity contribution < 1.29 is 17.6 Å². The van der Waals surface area contributed by atoms with Crippen molar-refractivity contribution in [3.05, 3.63) is 78.6 Å². The van der Waals surface area contributed by atoms with Gasteiger partial charge in [-0.25, -0.2) is 12.8 Å². The zero-order valence-corrected chi connectivity index (χ0v) is 14.3. The second kappa shape index (κ2) is 8.55. The quantitative estimate of drug-likeness (QED) is 0.706. The van der Waals surface area contributed by atoms with E-state index < -0.39 is 32.7 Å². The molecule has 7 heteroatoms. The van der Waals surface area contributed by atoms with Crippen molar-refractivity contribution in [2.75, 3.05) is 6.54 Å². The predicted molar refractivity (Wildman–Crippen MR) is 93.9 cm³/mol. The van der Waals surface area contributed by atoms with Crippen LogP contribution in [0.4, 0.5) is 4.39 Å². The zero-order chi connectivity index (χ0) is 18.3. The first-order valence-corrected chi connectivity index (χ1v) is 9.12. The Hall–Kier alpha value is -2.51. The number of halogens is 1. The van der Waals surface area contributed by atoms with Crippen molar-refractivity contribution >= 4 is 15.9 Å². The molecule has 0 aromatic heterocycles. The van der Waals surface area contributed by atoms with Crippen LogP contribution in [0.5, 0.6) is 0 Å². The lowest BCUT2D eigenvalue weighted by Gasteiger charge is -2.18. The summed E-state index contributed by atoms with van der Waals surface area (Å²) < 4.78 is 41.1. The molecule has 5 nitrogen and oxygen atoms in total. The van der Waals surface area contributed by atoms with E-state index >= 15 is 0 Å². The van der Waals surface area contributed by atoms with Gasteiger partial charge in [-0.2, -0.15) is 4.72 Å². The highest BCUT2D eigenvalue weighted by Crippen LogP contribution is 2.15. The highest BCUT2D eigenvalue weighted by atomic mass is 32.2. The summed E-state index contributed by atoms with van der Waals surface area (Å²) >= 11 is 0. The van der Waals surface area contributed by atoms with Crippen LogP contribution in [-0.2, 0) is 21.2 Å². The molecule has 25 heavy (non-hydrogen) atoms. The molecular formula is C18H19FN2O3S. The summed E-state index contributed by atoms with van der Waals surface area (Å²) in [4.78, 5) is 11.8. The summed E-state index contributed by atoms with van der Waals surface area (Å²) in [5, 5.41) is 2.56. The molecule has 0 saturated heterocycles. The topological polar surface area (TPSA) is 75.3 Å². The highest BCUT2D eigenvalue weighted by Gasteiger charge is 2.27. The first-order chi connectivity index (χ1) is 11.9. The molecule has 0 saturated carbocycles. The van der Waals surface area contributed by atoms with E-state index in [0.717, 1.165) is 17.7 Å². The van der Waals surface area contributed by atoms with Crippen molar-refractivity contribution in [2.24, 2.45) is 0 Å². The molecule has 0 aliphatic carbocycles. The summed E-state index contributed by atoms with van der Waals surface area (Å²) in [6, 6.07) is 12.9. The standard InChI is InChI=1S/C18H19FN2O3S/c1-2-12-20-18(22)16(13-14-8-4-3-5-9-14)21-25(23,24)17-11-7-6-10-15(17)19/h2-11,16,21H,1,12-13H2,(H,20,22)/t16-/m1/s1. The Balaban J connectivity index is 2.27. The molecule has 2 N–H and O–H groups in total. The van der Waals surface area contributed by atoms with Crippen LogP contribution >= 0.6 is 0 Å². The largest absolute Gasteiger partial charge is 0.351 e. The fourth-order valence-corrected chi connectivity index (χ4v) is 3.52. The SMILES string of the molecule is C=CCNC(=O)[C@@H](Cc1ccccc1)NS(=O)(=O)c1ccccc1F. The maximum absolute atomic E-state index is 13.8. The molecule has 1 atom stereocenters. The molecule has 1 amide bonds. The van der Waals surface area contributed by atoms with Gasteiger partial charge in [-0.15, -0.1) is 6.58 Å². The maximum Gasteiger partial charge on any atom is 0.244 e. The number of carbonyl (C=O) groups excluding carboxylic acids is 1. The minimum absolute atomic E-state index is 0.136. The fourth-order valence-electron chi connectivity index (χ4n) is 2.25. The number of sulfonamides is 1. The van der Waals surface area contributed by atoms with E-state index in [1.54, 1.807) is 24.3 Å². The Labute approximate surface area is 146 Å². The fraction of sp³-hybridized carbons (Fsp3) is 0.167. The second-order valence-electron chi connectivity index (χ2n) is 5.33. The van der Waals surface area contributed by atoms with E-state index in [2.05, 4.69) is 16.6 Å². The Morgan fingerprint density at radius 3 is 2.40 bits per heavy atom. The molecule has 2 rings (SSSR count). The Morgan fingerprint density at radius 1 is 1.12 bits per heavy atom. The molecule has 0 aliphatic heterocycles. The van der Waals surface area contributed by atoms with Crippen LogP contribution in [0.3, 0.4) is 0 Å². The third-order valence-corrected chi connectivity index (χ3v) is 4.95. The van der Waals surface area contributed by atoms with Gasteiger partial charge in [0.2, 0.25) is 15.9 Å². The summed E-state index contributed by atoms with van der Waals surface area (Å²) in [6.45, 7) is 3.71. The number of carbonyl (C=O) groups is 1. The van der Waals surface area contributed by atoms with E-state index in [1.165, 1.54) is 18.2 Å². The molecule has 0 heterocycles. The molecule has 2 aromatic carbocycles. The minimum Gasteiger partial charge on any atom is -0.351 e. The lowest BCUT2D eigenvalue weighted by Crippen LogP contribution is -2.48. The van der Waals surface area contributed by atoms with E-state index in [0.29, 0.717) is 0 Å². The van der Waals surface area contributed by atoms with Crippen LogP contribution in [0.15, 0.2) is 72.1 Å². The van der Waals surface area contributed by atoms with Crippen LogP contribution < -0.4 is 10.0 Å². The molecule has 0 fully saturated rings. The summed E-state index contributed by atoms with van der Waals surface area (Å²) in [6.07, 6.45) is 1.63. The molecule has 0 aliphatic rings. The van der Waals surface area contributed by atoms with Crippen LogP contribution in [0.2, 0.25) is 0 Å². The molecule has 0 spiro atoms. The van der Waals surface area contributed by atoms with Gasteiger partial charge >= 0.3 is 0 Å². The van der Waals surface area contributed by atoms with Gasteiger partial charge in [0.05, 0.1) is 0 Å². The van der Waals surface area contributed by atoms with Crippen molar-refractivity contribution in [1.29, 1.82) is 0 Å². The van der Waals surface area contributed by atoms with Gasteiger partial charge in [-0.3, -0.25) is 4.79 Å². The number of benzene rings is 2. The van der Waals surface area contributed by atoms with Crippen LogP contribution in [-0.4, -0.2) is 26.9 Å².